The lowest BCUT2D eigenvalue weighted by molar-refractivity contribution is -0.895. The number of rotatable bonds is 7. The van der Waals surface area contributed by atoms with Gasteiger partial charge in [0.25, 0.3) is 5.91 Å². The number of hydrogen-bond donors (Lipinski definition) is 2. The van der Waals surface area contributed by atoms with Crippen LogP contribution in [0, 0.1) is 5.92 Å². The summed E-state index contributed by atoms with van der Waals surface area (Å²) < 4.78 is 38.3. The lowest BCUT2D eigenvalue weighted by Gasteiger charge is -2.31. The molecule has 2 aliphatic heterocycles. The minimum atomic E-state index is -3.59. The first-order chi connectivity index (χ1) is 13.4. The van der Waals surface area contributed by atoms with Crippen molar-refractivity contribution in [2.45, 2.75) is 25.2 Å². The van der Waals surface area contributed by atoms with Crippen molar-refractivity contribution in [3.05, 3.63) is 18.2 Å². The van der Waals surface area contributed by atoms with Gasteiger partial charge in [0.15, 0.2) is 18.0 Å². The number of fused-ring (bicyclic) bond motifs is 1. The van der Waals surface area contributed by atoms with Crippen molar-refractivity contribution in [3.8, 4) is 11.5 Å². The molecule has 0 bridgehead atoms. The predicted molar refractivity (Wildman–Crippen MR) is 104 cm³/mol. The molecule has 0 aromatic heterocycles. The molecule has 1 aromatic rings. The number of piperazine rings is 1. The van der Waals surface area contributed by atoms with Crippen LogP contribution in [0.5, 0.6) is 11.5 Å². The standard InChI is InChI=1S/C19H29N3O5S/c1-15(2)5-6-20-19(23)14-21-7-9-22(10-8-21)28(24,25)16-3-4-17-18(13-16)27-12-11-26-17/h3-4,13,15H,5-12,14H2,1-2H3,(H,20,23)/p+1. The Morgan fingerprint density at radius 3 is 2.54 bits per heavy atom. The van der Waals surface area contributed by atoms with E-state index in [4.69, 9.17) is 9.47 Å². The highest BCUT2D eigenvalue weighted by atomic mass is 32.2. The Labute approximate surface area is 166 Å². The molecule has 1 saturated heterocycles. The van der Waals surface area contributed by atoms with Crippen molar-refractivity contribution >= 4 is 15.9 Å². The molecular formula is C19H30N3O5S+. The van der Waals surface area contributed by atoms with Gasteiger partial charge in [0, 0.05) is 12.6 Å². The highest BCUT2D eigenvalue weighted by Crippen LogP contribution is 2.33. The zero-order valence-electron chi connectivity index (χ0n) is 16.6. The van der Waals surface area contributed by atoms with Gasteiger partial charge in [0.1, 0.15) is 13.2 Å². The Morgan fingerprint density at radius 2 is 1.86 bits per heavy atom. The number of carbonyl (C=O) groups excluding carboxylic acids is 1. The summed E-state index contributed by atoms with van der Waals surface area (Å²) in [5.41, 5.74) is 0. The van der Waals surface area contributed by atoms with Crippen molar-refractivity contribution < 1.29 is 27.6 Å². The molecule has 9 heteroatoms. The van der Waals surface area contributed by atoms with Gasteiger partial charge in [0.05, 0.1) is 31.1 Å². The summed E-state index contributed by atoms with van der Waals surface area (Å²) in [6, 6.07) is 4.74. The first-order valence-corrected chi connectivity index (χ1v) is 11.3. The van der Waals surface area contributed by atoms with Crippen LogP contribution in [0.25, 0.3) is 0 Å². The van der Waals surface area contributed by atoms with E-state index in [1.807, 2.05) is 0 Å². The number of nitrogens with one attached hydrogen (secondary N) is 2. The molecule has 3 rings (SSSR count). The fourth-order valence-electron chi connectivity index (χ4n) is 3.34. The van der Waals surface area contributed by atoms with E-state index in [-0.39, 0.29) is 10.8 Å². The number of carbonyl (C=O) groups is 1. The Bertz CT molecular complexity index is 789. The summed E-state index contributed by atoms with van der Waals surface area (Å²) in [4.78, 5) is 13.4. The van der Waals surface area contributed by atoms with Crippen LogP contribution >= 0.6 is 0 Å². The summed E-state index contributed by atoms with van der Waals surface area (Å²) in [6.45, 7) is 8.22. The second-order valence-corrected chi connectivity index (χ2v) is 9.61. The molecule has 28 heavy (non-hydrogen) atoms. The van der Waals surface area contributed by atoms with Gasteiger partial charge in [-0.05, 0) is 24.5 Å². The summed E-state index contributed by atoms with van der Waals surface area (Å²) >= 11 is 0. The van der Waals surface area contributed by atoms with Gasteiger partial charge < -0.3 is 19.7 Å². The van der Waals surface area contributed by atoms with E-state index in [0.29, 0.717) is 69.9 Å². The summed E-state index contributed by atoms with van der Waals surface area (Å²) in [5, 5.41) is 2.94. The van der Waals surface area contributed by atoms with Crippen molar-refractivity contribution in [2.75, 3.05) is 52.5 Å². The molecule has 2 heterocycles. The Morgan fingerprint density at radius 1 is 1.18 bits per heavy atom. The molecule has 156 valence electrons. The number of nitrogens with zero attached hydrogens (tertiary/aromatic N) is 1. The smallest absolute Gasteiger partial charge is 0.275 e. The van der Waals surface area contributed by atoms with E-state index < -0.39 is 10.0 Å². The van der Waals surface area contributed by atoms with Crippen molar-refractivity contribution in [3.63, 3.8) is 0 Å². The highest BCUT2D eigenvalue weighted by molar-refractivity contribution is 7.89. The fraction of sp³-hybridized carbons (Fsp3) is 0.632. The Balaban J connectivity index is 1.53. The third-order valence-corrected chi connectivity index (χ3v) is 6.93. The number of sulfonamides is 1. The quantitative estimate of drug-likeness (QED) is 0.631. The van der Waals surface area contributed by atoms with Gasteiger partial charge in [-0.2, -0.15) is 4.31 Å². The van der Waals surface area contributed by atoms with Crippen LogP contribution in [0.1, 0.15) is 20.3 Å². The van der Waals surface area contributed by atoms with E-state index in [0.717, 1.165) is 11.3 Å². The van der Waals surface area contributed by atoms with Crippen molar-refractivity contribution in [2.24, 2.45) is 5.92 Å². The van der Waals surface area contributed by atoms with Crippen molar-refractivity contribution in [1.29, 1.82) is 0 Å². The van der Waals surface area contributed by atoms with Gasteiger partial charge in [-0.1, -0.05) is 13.8 Å². The average Bonchev–Trinajstić information content (AvgIpc) is 2.67. The molecule has 0 saturated carbocycles. The summed E-state index contributed by atoms with van der Waals surface area (Å²) in [6.07, 6.45) is 0.961. The number of quaternary nitrogens is 1. The SMILES string of the molecule is CC(C)CCNC(=O)C[NH+]1CCN(S(=O)(=O)c2ccc3c(c2)OCCO3)CC1. The van der Waals surface area contributed by atoms with E-state index in [2.05, 4.69) is 19.2 Å². The van der Waals surface area contributed by atoms with E-state index >= 15 is 0 Å². The normalized spacial score (nSPS) is 18.2. The second kappa shape index (κ2) is 9.11. The van der Waals surface area contributed by atoms with Gasteiger partial charge in [0.2, 0.25) is 10.0 Å². The second-order valence-electron chi connectivity index (χ2n) is 7.67. The molecule has 1 amide bonds. The maximum absolute atomic E-state index is 12.9. The first-order valence-electron chi connectivity index (χ1n) is 9.86. The maximum atomic E-state index is 12.9. The van der Waals surface area contributed by atoms with Crippen molar-refractivity contribution in [1.82, 2.24) is 9.62 Å². The van der Waals surface area contributed by atoms with Gasteiger partial charge in [-0.3, -0.25) is 4.79 Å². The molecule has 0 aliphatic carbocycles. The summed E-state index contributed by atoms with van der Waals surface area (Å²) in [5.74, 6) is 1.62. The maximum Gasteiger partial charge on any atom is 0.275 e. The zero-order chi connectivity index (χ0) is 20.1. The minimum Gasteiger partial charge on any atom is -0.486 e. The molecular weight excluding hydrogens is 382 g/mol. The molecule has 1 aromatic carbocycles. The number of amides is 1. The third-order valence-electron chi connectivity index (χ3n) is 5.04. The average molecular weight is 413 g/mol. The highest BCUT2D eigenvalue weighted by Gasteiger charge is 2.32. The van der Waals surface area contributed by atoms with Gasteiger partial charge in [-0.25, -0.2) is 8.42 Å². The molecule has 0 spiro atoms. The lowest BCUT2D eigenvalue weighted by atomic mass is 10.1. The Hall–Kier alpha value is -1.84. The molecule has 0 unspecified atom stereocenters. The fourth-order valence-corrected chi connectivity index (χ4v) is 4.80. The van der Waals surface area contributed by atoms with E-state index in [9.17, 15) is 13.2 Å². The first kappa shape index (κ1) is 20.9. The lowest BCUT2D eigenvalue weighted by Crippen LogP contribution is -3.15. The third kappa shape index (κ3) is 5.15. The van der Waals surface area contributed by atoms with Crippen LogP contribution in [-0.2, 0) is 14.8 Å². The number of ether oxygens (including phenoxy) is 2. The molecule has 8 nitrogen and oxygen atoms in total. The van der Waals surface area contributed by atoms with E-state index in [1.54, 1.807) is 12.1 Å². The monoisotopic (exact) mass is 412 g/mol. The van der Waals surface area contributed by atoms with Crippen LogP contribution in [0.4, 0.5) is 0 Å². The van der Waals surface area contributed by atoms with Crippen LogP contribution in [0.3, 0.4) is 0 Å². The van der Waals surface area contributed by atoms with Crippen LogP contribution in [-0.4, -0.2) is 71.1 Å². The summed E-state index contributed by atoms with van der Waals surface area (Å²) in [7, 11) is -3.59. The number of hydrogen-bond acceptors (Lipinski definition) is 5. The molecule has 0 radical (unpaired) electrons. The van der Waals surface area contributed by atoms with E-state index in [1.165, 1.54) is 10.4 Å². The largest absolute Gasteiger partial charge is 0.486 e. The molecule has 2 aliphatic rings. The van der Waals surface area contributed by atoms with Crippen LogP contribution in [0.2, 0.25) is 0 Å². The molecule has 0 atom stereocenters. The molecule has 1 fully saturated rings. The predicted octanol–water partition coefficient (Wildman–Crippen LogP) is -0.491. The number of benzene rings is 1. The van der Waals surface area contributed by atoms with Crippen LogP contribution in [0.15, 0.2) is 23.1 Å². The minimum absolute atomic E-state index is 0.0267. The zero-order valence-corrected chi connectivity index (χ0v) is 17.4. The molecule has 2 N–H and O–H groups in total. The van der Waals surface area contributed by atoms with Crippen LogP contribution < -0.4 is 19.7 Å². The topological polar surface area (TPSA) is 89.4 Å². The van der Waals surface area contributed by atoms with Gasteiger partial charge in [-0.15, -0.1) is 0 Å². The van der Waals surface area contributed by atoms with Gasteiger partial charge >= 0.3 is 0 Å². The Kier molecular flexibility index (Phi) is 6.79.